The summed E-state index contributed by atoms with van der Waals surface area (Å²) in [5, 5.41) is 0. The van der Waals surface area contributed by atoms with Crippen molar-refractivity contribution in [1.82, 2.24) is 0 Å². The molecule has 1 aliphatic rings. The summed E-state index contributed by atoms with van der Waals surface area (Å²) in [4.78, 5) is 0. The summed E-state index contributed by atoms with van der Waals surface area (Å²) in [5.74, 6) is 1.66. The van der Waals surface area contributed by atoms with Crippen molar-refractivity contribution in [3.8, 4) is 0 Å². The Kier molecular flexibility index (Phi) is 2.16. The van der Waals surface area contributed by atoms with Gasteiger partial charge in [0.25, 0.3) is 0 Å². The predicted octanol–water partition coefficient (Wildman–Crippen LogP) is 3.40. The monoisotopic (exact) mass is 159 g/mol. The third-order valence-corrected chi connectivity index (χ3v) is 2.98. The molecule has 0 bridgehead atoms. The second kappa shape index (κ2) is 3.30. The Morgan fingerprint density at radius 2 is 1.92 bits per heavy atom. The van der Waals surface area contributed by atoms with Crippen molar-refractivity contribution in [3.63, 3.8) is 0 Å². The maximum atomic E-state index is 2.35. The average molecular weight is 159 g/mol. The zero-order chi connectivity index (χ0) is 8.39. The van der Waals surface area contributed by atoms with E-state index in [1.807, 2.05) is 0 Å². The fraction of sp³-hybridized carbons (Fsp3) is 0.417. The van der Waals surface area contributed by atoms with Crippen LogP contribution < -0.4 is 0 Å². The van der Waals surface area contributed by atoms with Gasteiger partial charge in [0.2, 0.25) is 0 Å². The highest BCUT2D eigenvalue weighted by atomic mass is 14.3. The lowest BCUT2D eigenvalue weighted by Crippen LogP contribution is -2.23. The van der Waals surface area contributed by atoms with E-state index in [1.54, 1.807) is 0 Å². The van der Waals surface area contributed by atoms with Gasteiger partial charge in [0.15, 0.2) is 0 Å². The molecule has 63 valence electrons. The third-order valence-electron chi connectivity index (χ3n) is 2.98. The first kappa shape index (κ1) is 7.85. The molecule has 0 spiro atoms. The fourth-order valence-electron chi connectivity index (χ4n) is 2.04. The lowest BCUT2D eigenvalue weighted by atomic mass is 9.69. The largest absolute Gasteiger partial charge is 0.0622 e. The van der Waals surface area contributed by atoms with Gasteiger partial charge >= 0.3 is 0 Å². The highest BCUT2D eigenvalue weighted by molar-refractivity contribution is 5.23. The zero-order valence-corrected chi connectivity index (χ0v) is 7.53. The predicted molar refractivity (Wildman–Crippen MR) is 51.9 cm³/mol. The molecule has 0 nitrogen and oxygen atoms in total. The van der Waals surface area contributed by atoms with Crippen molar-refractivity contribution >= 4 is 0 Å². The van der Waals surface area contributed by atoms with Gasteiger partial charge in [0, 0.05) is 0 Å². The summed E-state index contributed by atoms with van der Waals surface area (Å²) >= 11 is 0. The molecular formula is C12H15. The van der Waals surface area contributed by atoms with Crippen LogP contribution in [0, 0.1) is 12.3 Å². The molecular weight excluding hydrogens is 144 g/mol. The smallest absolute Gasteiger partial charge is 0.0131 e. The first-order chi connectivity index (χ1) is 5.92. The Balaban J connectivity index is 2.11. The van der Waals surface area contributed by atoms with Gasteiger partial charge in [0.05, 0.1) is 0 Å². The van der Waals surface area contributed by atoms with Crippen LogP contribution >= 0.6 is 0 Å². The molecule has 12 heavy (non-hydrogen) atoms. The molecule has 1 aromatic rings. The van der Waals surface area contributed by atoms with Crippen LogP contribution in [-0.2, 0) is 0 Å². The van der Waals surface area contributed by atoms with Crippen LogP contribution in [0.15, 0.2) is 30.3 Å². The minimum Gasteiger partial charge on any atom is -0.0622 e. The van der Waals surface area contributed by atoms with Crippen LogP contribution in [0.1, 0.15) is 31.2 Å². The Hall–Kier alpha value is -0.780. The molecule has 0 unspecified atom stereocenters. The van der Waals surface area contributed by atoms with Crippen molar-refractivity contribution in [3.05, 3.63) is 42.3 Å². The lowest BCUT2D eigenvalue weighted by molar-refractivity contribution is 0.295. The third kappa shape index (κ3) is 1.26. The van der Waals surface area contributed by atoms with Gasteiger partial charge < -0.3 is 0 Å². The van der Waals surface area contributed by atoms with E-state index in [0.717, 1.165) is 11.8 Å². The van der Waals surface area contributed by atoms with E-state index < -0.39 is 0 Å². The summed E-state index contributed by atoms with van der Waals surface area (Å²) in [6, 6.07) is 10.9. The van der Waals surface area contributed by atoms with E-state index in [1.165, 1.54) is 18.4 Å². The van der Waals surface area contributed by atoms with Crippen molar-refractivity contribution in [2.24, 2.45) is 5.92 Å². The van der Waals surface area contributed by atoms with Gasteiger partial charge in [-0.1, -0.05) is 37.3 Å². The van der Waals surface area contributed by atoms with Crippen molar-refractivity contribution in [2.45, 2.75) is 25.7 Å². The van der Waals surface area contributed by atoms with Crippen LogP contribution in [0.5, 0.6) is 0 Å². The van der Waals surface area contributed by atoms with E-state index in [0.29, 0.717) is 0 Å². The first-order valence-electron chi connectivity index (χ1n) is 4.76. The molecule has 0 N–H and O–H groups in total. The van der Waals surface area contributed by atoms with Crippen molar-refractivity contribution in [1.29, 1.82) is 0 Å². The average Bonchev–Trinajstić information content (AvgIpc) is 2.05. The van der Waals surface area contributed by atoms with Gasteiger partial charge in [-0.2, -0.15) is 0 Å². The molecule has 0 heteroatoms. The summed E-state index contributed by atoms with van der Waals surface area (Å²) < 4.78 is 0. The van der Waals surface area contributed by atoms with E-state index in [-0.39, 0.29) is 0 Å². The van der Waals surface area contributed by atoms with Crippen LogP contribution in [0.3, 0.4) is 0 Å². The summed E-state index contributed by atoms with van der Waals surface area (Å²) in [6.45, 7) is 2.18. The van der Waals surface area contributed by atoms with Gasteiger partial charge in [-0.05, 0) is 36.7 Å². The lowest BCUT2D eigenvalue weighted by Gasteiger charge is -2.36. The SMILES string of the molecule is C[CH][C@H]1CC[C@@H]1c1ccccc1. The Morgan fingerprint density at radius 1 is 1.17 bits per heavy atom. The van der Waals surface area contributed by atoms with Crippen LogP contribution in [0.4, 0.5) is 0 Å². The zero-order valence-electron chi connectivity index (χ0n) is 7.53. The summed E-state index contributed by atoms with van der Waals surface area (Å²) in [5.41, 5.74) is 1.52. The molecule has 0 aliphatic heterocycles. The maximum Gasteiger partial charge on any atom is -0.0131 e. The molecule has 1 aromatic carbocycles. The molecule has 0 heterocycles. The molecule has 0 aromatic heterocycles. The van der Waals surface area contributed by atoms with E-state index in [2.05, 4.69) is 43.7 Å². The van der Waals surface area contributed by atoms with Gasteiger partial charge in [-0.3, -0.25) is 0 Å². The number of hydrogen-bond donors (Lipinski definition) is 0. The van der Waals surface area contributed by atoms with E-state index in [9.17, 15) is 0 Å². The Labute approximate surface area is 74.6 Å². The maximum absolute atomic E-state index is 2.35. The number of hydrogen-bond acceptors (Lipinski definition) is 0. The molecule has 1 saturated carbocycles. The first-order valence-corrected chi connectivity index (χ1v) is 4.76. The molecule has 2 atom stereocenters. The van der Waals surface area contributed by atoms with Crippen LogP contribution in [0.25, 0.3) is 0 Å². The standard InChI is InChI=1S/C12H15/c1-2-10-8-9-12(10)11-6-4-3-5-7-11/h2-7,10,12H,8-9H2,1H3/t10-,12-/m0/s1. The number of benzene rings is 1. The summed E-state index contributed by atoms with van der Waals surface area (Å²) in [7, 11) is 0. The summed E-state index contributed by atoms with van der Waals surface area (Å²) in [6.07, 6.45) is 5.11. The molecule has 1 radical (unpaired) electrons. The normalized spacial score (nSPS) is 28.1. The fourth-order valence-corrected chi connectivity index (χ4v) is 2.04. The Bertz CT molecular complexity index is 235. The molecule has 1 fully saturated rings. The van der Waals surface area contributed by atoms with Gasteiger partial charge in [0.1, 0.15) is 0 Å². The topological polar surface area (TPSA) is 0 Å². The minimum absolute atomic E-state index is 0.816. The number of rotatable bonds is 2. The van der Waals surface area contributed by atoms with Crippen LogP contribution in [-0.4, -0.2) is 0 Å². The quantitative estimate of drug-likeness (QED) is 0.620. The van der Waals surface area contributed by atoms with Gasteiger partial charge in [-0.15, -0.1) is 0 Å². The van der Waals surface area contributed by atoms with E-state index >= 15 is 0 Å². The second-order valence-electron chi connectivity index (χ2n) is 3.59. The van der Waals surface area contributed by atoms with E-state index in [4.69, 9.17) is 0 Å². The van der Waals surface area contributed by atoms with Gasteiger partial charge in [-0.25, -0.2) is 0 Å². The van der Waals surface area contributed by atoms with Crippen molar-refractivity contribution < 1.29 is 0 Å². The molecule has 2 rings (SSSR count). The minimum atomic E-state index is 0.816. The van der Waals surface area contributed by atoms with Crippen molar-refractivity contribution in [2.75, 3.05) is 0 Å². The second-order valence-corrected chi connectivity index (χ2v) is 3.59. The van der Waals surface area contributed by atoms with Crippen LogP contribution in [0.2, 0.25) is 0 Å². The molecule has 0 amide bonds. The molecule has 1 aliphatic carbocycles. The Morgan fingerprint density at radius 3 is 2.42 bits per heavy atom. The highest BCUT2D eigenvalue weighted by Crippen LogP contribution is 2.43. The highest BCUT2D eigenvalue weighted by Gasteiger charge is 2.29. The molecule has 0 saturated heterocycles.